The predicted octanol–water partition coefficient (Wildman–Crippen LogP) is 3.21. The van der Waals surface area contributed by atoms with Crippen LogP contribution in [-0.4, -0.2) is 32.9 Å². The van der Waals surface area contributed by atoms with Gasteiger partial charge in [-0.25, -0.2) is 8.42 Å². The third-order valence-electron chi connectivity index (χ3n) is 5.32. The van der Waals surface area contributed by atoms with E-state index in [4.69, 9.17) is 4.74 Å². The molecule has 0 radical (unpaired) electrons. The van der Waals surface area contributed by atoms with Gasteiger partial charge in [-0.1, -0.05) is 6.42 Å². The molecule has 0 saturated heterocycles. The van der Waals surface area contributed by atoms with Crippen LogP contribution in [0, 0.1) is 5.41 Å². The van der Waals surface area contributed by atoms with Crippen LogP contribution in [0.3, 0.4) is 0 Å². The van der Waals surface area contributed by atoms with Gasteiger partial charge in [-0.2, -0.15) is 0 Å². The standard InChI is InChI=1S/C17H26N2O3S/c1-3-22-16-12-15(17(16)10-5-11-17)18-13-6-8-14(9-7-13)19-23(20,21)4-2/h6-9,15-16,18-19H,3-5,10-12H2,1-2H3. The molecule has 2 fully saturated rings. The molecule has 0 heterocycles. The molecule has 0 aromatic heterocycles. The summed E-state index contributed by atoms with van der Waals surface area (Å²) in [5, 5.41) is 3.61. The van der Waals surface area contributed by atoms with E-state index in [9.17, 15) is 8.42 Å². The summed E-state index contributed by atoms with van der Waals surface area (Å²) in [4.78, 5) is 0. The number of sulfonamides is 1. The van der Waals surface area contributed by atoms with Crippen LogP contribution in [0.4, 0.5) is 11.4 Å². The summed E-state index contributed by atoms with van der Waals surface area (Å²) < 4.78 is 31.6. The molecular formula is C17H26N2O3S. The van der Waals surface area contributed by atoms with Gasteiger partial charge in [0.1, 0.15) is 0 Å². The number of rotatable bonds is 7. The largest absolute Gasteiger partial charge is 0.382 e. The third kappa shape index (κ3) is 3.19. The van der Waals surface area contributed by atoms with E-state index >= 15 is 0 Å². The molecule has 6 heteroatoms. The number of nitrogens with one attached hydrogen (secondary N) is 2. The lowest BCUT2D eigenvalue weighted by Crippen LogP contribution is -2.64. The summed E-state index contributed by atoms with van der Waals surface area (Å²) in [5.74, 6) is 0.0798. The summed E-state index contributed by atoms with van der Waals surface area (Å²) >= 11 is 0. The Balaban J connectivity index is 1.61. The van der Waals surface area contributed by atoms with E-state index in [0.29, 0.717) is 23.2 Å². The SMILES string of the molecule is CCOC1CC(Nc2ccc(NS(=O)(=O)CC)cc2)C12CCC2. The van der Waals surface area contributed by atoms with Gasteiger partial charge < -0.3 is 10.1 Å². The van der Waals surface area contributed by atoms with Crippen molar-refractivity contribution in [2.24, 2.45) is 5.41 Å². The zero-order chi connectivity index (χ0) is 16.5. The first-order chi connectivity index (χ1) is 11.0. The highest BCUT2D eigenvalue weighted by molar-refractivity contribution is 7.92. The third-order valence-corrected chi connectivity index (χ3v) is 6.62. The van der Waals surface area contributed by atoms with Crippen molar-refractivity contribution in [1.29, 1.82) is 0 Å². The fourth-order valence-electron chi connectivity index (χ4n) is 3.73. The molecule has 1 spiro atoms. The molecule has 2 N–H and O–H groups in total. The Morgan fingerprint density at radius 2 is 1.83 bits per heavy atom. The van der Waals surface area contributed by atoms with Crippen LogP contribution in [0.2, 0.25) is 0 Å². The van der Waals surface area contributed by atoms with E-state index in [1.165, 1.54) is 19.3 Å². The second-order valence-electron chi connectivity index (χ2n) is 6.55. The maximum absolute atomic E-state index is 11.6. The Morgan fingerprint density at radius 1 is 1.17 bits per heavy atom. The summed E-state index contributed by atoms with van der Waals surface area (Å²) in [5.41, 5.74) is 1.96. The van der Waals surface area contributed by atoms with Gasteiger partial charge in [-0.15, -0.1) is 0 Å². The molecule has 0 bridgehead atoms. The molecule has 0 amide bonds. The Kier molecular flexibility index (Phi) is 4.56. The first-order valence-electron chi connectivity index (χ1n) is 8.48. The molecule has 3 rings (SSSR count). The summed E-state index contributed by atoms with van der Waals surface area (Å²) in [7, 11) is -3.22. The van der Waals surface area contributed by atoms with Crippen molar-refractivity contribution in [3.63, 3.8) is 0 Å². The van der Waals surface area contributed by atoms with Crippen LogP contribution < -0.4 is 10.0 Å². The lowest BCUT2D eigenvalue weighted by atomic mass is 9.51. The molecule has 0 aliphatic heterocycles. The molecule has 2 atom stereocenters. The van der Waals surface area contributed by atoms with Gasteiger partial charge in [0, 0.05) is 29.4 Å². The first kappa shape index (κ1) is 16.6. The second-order valence-corrected chi connectivity index (χ2v) is 8.56. The van der Waals surface area contributed by atoms with Crippen molar-refractivity contribution >= 4 is 21.4 Å². The Morgan fingerprint density at radius 3 is 2.35 bits per heavy atom. The molecule has 23 heavy (non-hydrogen) atoms. The molecule has 1 aromatic rings. The van der Waals surface area contributed by atoms with Crippen molar-refractivity contribution < 1.29 is 13.2 Å². The van der Waals surface area contributed by atoms with Crippen LogP contribution in [0.15, 0.2) is 24.3 Å². The smallest absolute Gasteiger partial charge is 0.232 e. The van der Waals surface area contributed by atoms with Crippen molar-refractivity contribution in [1.82, 2.24) is 0 Å². The highest BCUT2D eigenvalue weighted by Crippen LogP contribution is 2.58. The fourth-order valence-corrected chi connectivity index (χ4v) is 4.37. The van der Waals surface area contributed by atoms with Crippen molar-refractivity contribution in [3.05, 3.63) is 24.3 Å². The van der Waals surface area contributed by atoms with Crippen LogP contribution in [0.25, 0.3) is 0 Å². The van der Waals surface area contributed by atoms with Gasteiger partial charge in [0.25, 0.3) is 0 Å². The van der Waals surface area contributed by atoms with Crippen molar-refractivity contribution in [3.8, 4) is 0 Å². The molecule has 1 aromatic carbocycles. The summed E-state index contributed by atoms with van der Waals surface area (Å²) in [6.07, 6.45) is 5.22. The monoisotopic (exact) mass is 338 g/mol. The second kappa shape index (κ2) is 6.32. The zero-order valence-corrected chi connectivity index (χ0v) is 14.7. The minimum absolute atomic E-state index is 0.0798. The van der Waals surface area contributed by atoms with Gasteiger partial charge in [-0.05, 0) is 57.4 Å². The van der Waals surface area contributed by atoms with E-state index in [0.717, 1.165) is 18.7 Å². The van der Waals surface area contributed by atoms with Crippen molar-refractivity contribution in [2.45, 2.75) is 51.7 Å². The Labute approximate surface area is 138 Å². The van der Waals surface area contributed by atoms with E-state index < -0.39 is 10.0 Å². The Bertz CT molecular complexity index is 638. The Hall–Kier alpha value is -1.27. The fraction of sp³-hybridized carbons (Fsp3) is 0.647. The molecule has 2 unspecified atom stereocenters. The molecule has 5 nitrogen and oxygen atoms in total. The quantitative estimate of drug-likeness (QED) is 0.801. The summed E-state index contributed by atoms with van der Waals surface area (Å²) in [6.45, 7) is 4.47. The first-order valence-corrected chi connectivity index (χ1v) is 10.1. The van der Waals surface area contributed by atoms with Crippen LogP contribution >= 0.6 is 0 Å². The van der Waals surface area contributed by atoms with Crippen LogP contribution in [0.1, 0.15) is 39.5 Å². The van der Waals surface area contributed by atoms with E-state index in [2.05, 4.69) is 17.0 Å². The molecular weight excluding hydrogens is 312 g/mol. The number of ether oxygens (including phenoxy) is 1. The number of hydrogen-bond acceptors (Lipinski definition) is 4. The molecule has 2 saturated carbocycles. The lowest BCUT2D eigenvalue weighted by molar-refractivity contribution is -0.157. The van der Waals surface area contributed by atoms with E-state index in [1.807, 2.05) is 24.3 Å². The number of benzene rings is 1. The van der Waals surface area contributed by atoms with Gasteiger partial charge in [0.2, 0.25) is 10.0 Å². The van der Waals surface area contributed by atoms with Gasteiger partial charge >= 0.3 is 0 Å². The predicted molar refractivity (Wildman–Crippen MR) is 93.3 cm³/mol. The molecule has 128 valence electrons. The number of anilines is 2. The highest BCUT2D eigenvalue weighted by Gasteiger charge is 2.58. The van der Waals surface area contributed by atoms with Gasteiger partial charge in [0.05, 0.1) is 11.9 Å². The normalized spacial score (nSPS) is 25.5. The maximum atomic E-state index is 11.6. The van der Waals surface area contributed by atoms with E-state index in [1.54, 1.807) is 6.92 Å². The minimum atomic E-state index is -3.22. The van der Waals surface area contributed by atoms with Gasteiger partial charge in [0.15, 0.2) is 0 Å². The summed E-state index contributed by atoms with van der Waals surface area (Å²) in [6, 6.07) is 7.96. The van der Waals surface area contributed by atoms with Crippen LogP contribution in [-0.2, 0) is 14.8 Å². The minimum Gasteiger partial charge on any atom is -0.382 e. The maximum Gasteiger partial charge on any atom is 0.232 e. The van der Waals surface area contributed by atoms with E-state index in [-0.39, 0.29) is 5.75 Å². The molecule has 2 aliphatic rings. The average molecular weight is 338 g/mol. The van der Waals surface area contributed by atoms with Gasteiger partial charge in [-0.3, -0.25) is 4.72 Å². The lowest BCUT2D eigenvalue weighted by Gasteiger charge is -2.61. The molecule has 2 aliphatic carbocycles. The highest BCUT2D eigenvalue weighted by atomic mass is 32.2. The van der Waals surface area contributed by atoms with Crippen molar-refractivity contribution in [2.75, 3.05) is 22.4 Å². The topological polar surface area (TPSA) is 67.4 Å². The van der Waals surface area contributed by atoms with Crippen LogP contribution in [0.5, 0.6) is 0 Å². The number of hydrogen-bond donors (Lipinski definition) is 2. The zero-order valence-electron chi connectivity index (χ0n) is 13.8. The average Bonchev–Trinajstić information content (AvgIpc) is 2.46.